The van der Waals surface area contributed by atoms with Crippen LogP contribution in [0, 0.1) is 11.3 Å². The second kappa shape index (κ2) is 10.9. The van der Waals surface area contributed by atoms with Crippen molar-refractivity contribution < 1.29 is 0 Å². The first-order chi connectivity index (χ1) is 12.0. The van der Waals surface area contributed by atoms with Crippen LogP contribution in [0.2, 0.25) is 0 Å². The molecule has 0 bridgehead atoms. The minimum Gasteiger partial charge on any atom is -0.328 e. The van der Waals surface area contributed by atoms with Crippen molar-refractivity contribution in [1.29, 1.82) is 0 Å². The van der Waals surface area contributed by atoms with Gasteiger partial charge < -0.3 is 11.1 Å². The Morgan fingerprint density at radius 1 is 0.720 bits per heavy atom. The minimum absolute atomic E-state index is 0.494. The van der Waals surface area contributed by atoms with Crippen LogP contribution >= 0.6 is 0 Å². The third-order valence-corrected chi connectivity index (χ3v) is 7.47. The molecule has 0 aromatic rings. The maximum atomic E-state index is 5.88. The van der Waals surface area contributed by atoms with E-state index in [4.69, 9.17) is 5.73 Å². The Bertz CT molecular complexity index is 316. The molecule has 25 heavy (non-hydrogen) atoms. The molecule has 148 valence electrons. The second-order valence-corrected chi connectivity index (χ2v) is 9.79. The summed E-state index contributed by atoms with van der Waals surface area (Å²) in [5, 5.41) is 3.86. The van der Waals surface area contributed by atoms with Crippen molar-refractivity contribution in [2.75, 3.05) is 0 Å². The van der Waals surface area contributed by atoms with E-state index in [9.17, 15) is 0 Å². The van der Waals surface area contributed by atoms with Gasteiger partial charge in [0.25, 0.3) is 0 Å². The lowest BCUT2D eigenvalue weighted by Gasteiger charge is -2.38. The first-order valence-electron chi connectivity index (χ1n) is 11.5. The Morgan fingerprint density at radius 3 is 1.56 bits per heavy atom. The van der Waals surface area contributed by atoms with E-state index in [1.54, 1.807) is 0 Å². The topological polar surface area (TPSA) is 38.0 Å². The third-order valence-electron chi connectivity index (χ3n) is 7.47. The highest BCUT2D eigenvalue weighted by Crippen LogP contribution is 2.39. The van der Waals surface area contributed by atoms with Gasteiger partial charge in [0.15, 0.2) is 0 Å². The van der Waals surface area contributed by atoms with E-state index in [0.29, 0.717) is 11.5 Å². The highest BCUT2D eigenvalue weighted by molar-refractivity contribution is 4.83. The lowest BCUT2D eigenvalue weighted by molar-refractivity contribution is 0.145. The Balaban J connectivity index is 0.000000181. The first kappa shape index (κ1) is 21.2. The van der Waals surface area contributed by atoms with E-state index in [0.717, 1.165) is 18.0 Å². The van der Waals surface area contributed by atoms with Crippen molar-refractivity contribution in [2.24, 2.45) is 17.1 Å². The number of hydrogen-bond donors (Lipinski definition) is 2. The largest absolute Gasteiger partial charge is 0.328 e. The summed E-state index contributed by atoms with van der Waals surface area (Å²) < 4.78 is 0. The second-order valence-electron chi connectivity index (χ2n) is 9.79. The minimum atomic E-state index is 0.494. The fourth-order valence-electron chi connectivity index (χ4n) is 5.06. The van der Waals surface area contributed by atoms with Crippen molar-refractivity contribution >= 4 is 0 Å². The smallest absolute Gasteiger partial charge is 0.00696 e. The van der Waals surface area contributed by atoms with Crippen LogP contribution < -0.4 is 11.1 Å². The van der Waals surface area contributed by atoms with Crippen molar-refractivity contribution in [3.63, 3.8) is 0 Å². The van der Waals surface area contributed by atoms with E-state index in [-0.39, 0.29) is 0 Å². The molecule has 3 aliphatic carbocycles. The molecule has 0 radical (unpaired) electrons. The van der Waals surface area contributed by atoms with E-state index in [1.165, 1.54) is 96.3 Å². The van der Waals surface area contributed by atoms with Crippen LogP contribution in [-0.4, -0.2) is 18.1 Å². The molecule has 0 aromatic carbocycles. The van der Waals surface area contributed by atoms with Gasteiger partial charge in [-0.1, -0.05) is 65.7 Å². The predicted molar refractivity (Wildman–Crippen MR) is 111 cm³/mol. The lowest BCUT2D eigenvalue weighted by Crippen LogP contribution is -2.40. The monoisotopic (exact) mass is 350 g/mol. The van der Waals surface area contributed by atoms with Gasteiger partial charge in [-0.25, -0.2) is 0 Å². The van der Waals surface area contributed by atoms with Crippen molar-refractivity contribution in [3.8, 4) is 0 Å². The quantitative estimate of drug-likeness (QED) is 0.635. The molecular formula is C23H46N2. The highest BCUT2D eigenvalue weighted by Gasteiger charge is 2.30. The van der Waals surface area contributed by atoms with E-state index < -0.39 is 0 Å². The number of nitrogens with one attached hydrogen (secondary N) is 1. The van der Waals surface area contributed by atoms with Crippen molar-refractivity contribution in [1.82, 2.24) is 5.32 Å². The average molecular weight is 351 g/mol. The Hall–Kier alpha value is -0.0800. The average Bonchev–Trinajstić information content (AvgIpc) is 2.64. The fraction of sp³-hybridized carbons (Fsp3) is 1.00. The molecule has 3 N–H and O–H groups in total. The summed E-state index contributed by atoms with van der Waals surface area (Å²) in [6, 6.07) is 2.24. The summed E-state index contributed by atoms with van der Waals surface area (Å²) in [7, 11) is 0. The molecule has 2 nitrogen and oxygen atoms in total. The molecule has 0 heterocycles. The Labute approximate surface area is 158 Å². The number of hydrogen-bond acceptors (Lipinski definition) is 2. The summed E-state index contributed by atoms with van der Waals surface area (Å²) in [5.74, 6) is 0.919. The van der Waals surface area contributed by atoms with Crippen LogP contribution in [-0.2, 0) is 0 Å². The molecule has 0 aromatic heterocycles. The van der Waals surface area contributed by atoms with Gasteiger partial charge in [-0.3, -0.25) is 0 Å². The summed E-state index contributed by atoms with van der Waals surface area (Å²) in [6.45, 7) is 7.09. The van der Waals surface area contributed by atoms with Crippen LogP contribution in [0.3, 0.4) is 0 Å². The van der Waals surface area contributed by atoms with Gasteiger partial charge >= 0.3 is 0 Å². The van der Waals surface area contributed by atoms with Gasteiger partial charge in [0.05, 0.1) is 0 Å². The Morgan fingerprint density at radius 2 is 1.16 bits per heavy atom. The predicted octanol–water partition coefficient (Wildman–Crippen LogP) is 6.18. The standard InChI is InChI=1S/C12H23N.C11H23N/c1-3-7-11(8-4-1)13-12-9-5-2-6-10-12;1-4-11(2,3)9-5-7-10(12)8-6-9/h11-13H,1-10H2;9-10H,4-8,12H2,1-3H3. The van der Waals surface area contributed by atoms with Gasteiger partial charge in [-0.2, -0.15) is 0 Å². The third kappa shape index (κ3) is 7.59. The van der Waals surface area contributed by atoms with Gasteiger partial charge in [0.2, 0.25) is 0 Å². The molecule has 3 aliphatic rings. The molecule has 3 rings (SSSR count). The fourth-order valence-corrected chi connectivity index (χ4v) is 5.06. The van der Waals surface area contributed by atoms with Crippen LogP contribution in [0.1, 0.15) is 117 Å². The molecule has 0 atom stereocenters. The molecule has 0 spiro atoms. The van der Waals surface area contributed by atoms with E-state index in [2.05, 4.69) is 26.1 Å². The molecule has 2 heteroatoms. The maximum absolute atomic E-state index is 5.88. The van der Waals surface area contributed by atoms with Crippen LogP contribution in [0.5, 0.6) is 0 Å². The molecule has 0 aliphatic heterocycles. The SMILES string of the molecule is C1CCC(NC2CCCCC2)CC1.CCC(C)(C)C1CCC(N)CC1. The van der Waals surface area contributed by atoms with Gasteiger partial charge in [0, 0.05) is 18.1 Å². The first-order valence-corrected chi connectivity index (χ1v) is 11.5. The van der Waals surface area contributed by atoms with Crippen molar-refractivity contribution in [3.05, 3.63) is 0 Å². The van der Waals surface area contributed by atoms with Crippen LogP contribution in [0.25, 0.3) is 0 Å². The van der Waals surface area contributed by atoms with Gasteiger partial charge in [-0.05, 0) is 62.7 Å². The molecule has 3 saturated carbocycles. The van der Waals surface area contributed by atoms with Gasteiger partial charge in [-0.15, -0.1) is 0 Å². The summed E-state index contributed by atoms with van der Waals surface area (Å²) in [4.78, 5) is 0. The van der Waals surface area contributed by atoms with Crippen molar-refractivity contribution in [2.45, 2.75) is 135 Å². The Kier molecular flexibility index (Phi) is 9.27. The molecule has 0 amide bonds. The molecule has 0 unspecified atom stereocenters. The zero-order valence-corrected chi connectivity index (χ0v) is 17.5. The summed E-state index contributed by atoms with van der Waals surface area (Å²) >= 11 is 0. The van der Waals surface area contributed by atoms with E-state index >= 15 is 0 Å². The maximum Gasteiger partial charge on any atom is 0.00696 e. The van der Waals surface area contributed by atoms with Crippen LogP contribution in [0.4, 0.5) is 0 Å². The zero-order valence-electron chi connectivity index (χ0n) is 17.5. The molecule has 0 saturated heterocycles. The summed E-state index contributed by atoms with van der Waals surface area (Å²) in [6.07, 6.45) is 21.0. The van der Waals surface area contributed by atoms with Gasteiger partial charge in [0.1, 0.15) is 0 Å². The number of rotatable bonds is 4. The lowest BCUT2D eigenvalue weighted by atomic mass is 9.69. The molecular weight excluding hydrogens is 304 g/mol. The normalized spacial score (nSPS) is 29.8. The zero-order chi connectivity index (χ0) is 18.1. The number of nitrogens with two attached hydrogens (primary N) is 1. The van der Waals surface area contributed by atoms with E-state index in [1.807, 2.05) is 0 Å². The summed E-state index contributed by atoms with van der Waals surface area (Å²) in [5.41, 5.74) is 6.42. The highest BCUT2D eigenvalue weighted by atomic mass is 14.9. The van der Waals surface area contributed by atoms with Crippen LogP contribution in [0.15, 0.2) is 0 Å². The molecule has 3 fully saturated rings.